The third-order valence-corrected chi connectivity index (χ3v) is 4.61. The van der Waals surface area contributed by atoms with Gasteiger partial charge in [-0.05, 0) is 31.0 Å². The zero-order valence-electron chi connectivity index (χ0n) is 15.2. The van der Waals surface area contributed by atoms with Crippen molar-refractivity contribution in [3.05, 3.63) is 48.0 Å². The number of carbonyl (C=O) groups is 1. The number of carbonyl (C=O) groups excluding carboxylic acids is 1. The molecular weight excluding hydrogens is 312 g/mol. The fraction of sp³-hybridized carbons (Fsp3) is 0.500. The number of fused-ring (bicyclic) bond motifs is 1. The van der Waals surface area contributed by atoms with Gasteiger partial charge in [-0.3, -0.25) is 9.69 Å². The molecule has 0 fully saturated rings. The maximum absolute atomic E-state index is 11.8. The first-order chi connectivity index (χ1) is 12.1. The summed E-state index contributed by atoms with van der Waals surface area (Å²) in [6.07, 6.45) is 4.44. The first kappa shape index (κ1) is 17.7. The molecule has 0 unspecified atom stereocenters. The van der Waals surface area contributed by atoms with E-state index in [-0.39, 0.29) is 5.91 Å². The molecule has 25 heavy (non-hydrogen) atoms. The summed E-state index contributed by atoms with van der Waals surface area (Å²) in [7, 11) is 0. The van der Waals surface area contributed by atoms with E-state index in [0.717, 1.165) is 39.0 Å². The van der Waals surface area contributed by atoms with Gasteiger partial charge in [0.1, 0.15) is 0 Å². The van der Waals surface area contributed by atoms with Gasteiger partial charge in [-0.1, -0.05) is 32.0 Å². The van der Waals surface area contributed by atoms with Crippen LogP contribution in [0.1, 0.15) is 38.1 Å². The number of imidazole rings is 1. The number of aromatic nitrogens is 2. The molecule has 0 saturated carbocycles. The molecule has 0 aliphatic carbocycles. The van der Waals surface area contributed by atoms with E-state index in [1.54, 1.807) is 0 Å². The maximum atomic E-state index is 11.8. The highest BCUT2D eigenvalue weighted by Gasteiger charge is 2.21. The number of benzene rings is 1. The Morgan fingerprint density at radius 3 is 2.84 bits per heavy atom. The summed E-state index contributed by atoms with van der Waals surface area (Å²) < 4.78 is 2.20. The molecular formula is C20H28N4O. The molecule has 2 heterocycles. The molecule has 0 atom stereocenters. The Morgan fingerprint density at radius 2 is 2.08 bits per heavy atom. The van der Waals surface area contributed by atoms with Crippen LogP contribution in [0.3, 0.4) is 0 Å². The average Bonchev–Trinajstić information content (AvgIpc) is 3.04. The van der Waals surface area contributed by atoms with Gasteiger partial charge in [0.2, 0.25) is 5.91 Å². The van der Waals surface area contributed by atoms with Crippen molar-refractivity contribution in [2.24, 2.45) is 5.92 Å². The van der Waals surface area contributed by atoms with E-state index in [2.05, 4.69) is 57.9 Å². The van der Waals surface area contributed by atoms with Gasteiger partial charge in [0, 0.05) is 43.9 Å². The van der Waals surface area contributed by atoms with Gasteiger partial charge in [0.15, 0.2) is 0 Å². The Labute approximate surface area is 150 Å². The summed E-state index contributed by atoms with van der Waals surface area (Å²) in [5, 5.41) is 2.98. The SMILES string of the molecule is CC(C)CNC(=O)CCCN1CCc2c(ncn2-c2ccccc2)C1. The predicted octanol–water partition coefficient (Wildman–Crippen LogP) is 2.78. The number of para-hydroxylation sites is 1. The number of rotatable bonds is 7. The molecule has 134 valence electrons. The minimum Gasteiger partial charge on any atom is -0.356 e. The summed E-state index contributed by atoms with van der Waals surface area (Å²) in [5.74, 6) is 0.670. The zero-order chi connectivity index (χ0) is 17.6. The second kappa shape index (κ2) is 8.30. The highest BCUT2D eigenvalue weighted by molar-refractivity contribution is 5.75. The largest absolute Gasteiger partial charge is 0.356 e. The lowest BCUT2D eigenvalue weighted by Crippen LogP contribution is -2.33. The van der Waals surface area contributed by atoms with Crippen molar-refractivity contribution in [1.29, 1.82) is 0 Å². The lowest BCUT2D eigenvalue weighted by atomic mass is 10.1. The van der Waals surface area contributed by atoms with Gasteiger partial charge in [0.25, 0.3) is 0 Å². The van der Waals surface area contributed by atoms with Crippen molar-refractivity contribution >= 4 is 5.91 Å². The number of nitrogens with zero attached hydrogens (tertiary/aromatic N) is 3. The molecule has 5 nitrogen and oxygen atoms in total. The van der Waals surface area contributed by atoms with Crippen LogP contribution in [0.4, 0.5) is 0 Å². The second-order valence-corrected chi connectivity index (χ2v) is 7.17. The summed E-state index contributed by atoms with van der Waals surface area (Å²) >= 11 is 0. The first-order valence-corrected chi connectivity index (χ1v) is 9.23. The molecule has 1 aromatic carbocycles. The van der Waals surface area contributed by atoms with Crippen LogP contribution >= 0.6 is 0 Å². The van der Waals surface area contributed by atoms with E-state index in [4.69, 9.17) is 0 Å². The molecule has 3 rings (SSSR count). The molecule has 5 heteroatoms. The van der Waals surface area contributed by atoms with Gasteiger partial charge in [-0.2, -0.15) is 0 Å². The van der Waals surface area contributed by atoms with Crippen LogP contribution in [0.2, 0.25) is 0 Å². The third-order valence-electron chi connectivity index (χ3n) is 4.61. The normalized spacial score (nSPS) is 14.5. The lowest BCUT2D eigenvalue weighted by Gasteiger charge is -2.26. The fourth-order valence-electron chi connectivity index (χ4n) is 3.23. The summed E-state index contributed by atoms with van der Waals surface area (Å²) in [6, 6.07) is 10.4. The second-order valence-electron chi connectivity index (χ2n) is 7.17. The molecule has 0 bridgehead atoms. The summed E-state index contributed by atoms with van der Waals surface area (Å²) in [6.45, 7) is 7.85. The Bertz CT molecular complexity index is 693. The number of amides is 1. The van der Waals surface area contributed by atoms with Crippen LogP contribution in [-0.2, 0) is 17.8 Å². The van der Waals surface area contributed by atoms with Crippen molar-refractivity contribution in [2.75, 3.05) is 19.6 Å². The van der Waals surface area contributed by atoms with Crippen LogP contribution in [0.5, 0.6) is 0 Å². The minimum absolute atomic E-state index is 0.166. The molecule has 1 aliphatic rings. The van der Waals surface area contributed by atoms with Crippen LogP contribution in [0.15, 0.2) is 36.7 Å². The van der Waals surface area contributed by atoms with Gasteiger partial charge in [-0.25, -0.2) is 4.98 Å². The smallest absolute Gasteiger partial charge is 0.220 e. The summed E-state index contributed by atoms with van der Waals surface area (Å²) in [4.78, 5) is 18.8. The van der Waals surface area contributed by atoms with Crippen LogP contribution in [0.25, 0.3) is 5.69 Å². The maximum Gasteiger partial charge on any atom is 0.220 e. The van der Waals surface area contributed by atoms with E-state index in [1.807, 2.05) is 12.4 Å². The van der Waals surface area contributed by atoms with Crippen molar-refractivity contribution in [3.8, 4) is 5.69 Å². The Hall–Kier alpha value is -2.14. The fourth-order valence-corrected chi connectivity index (χ4v) is 3.23. The quantitative estimate of drug-likeness (QED) is 0.843. The summed E-state index contributed by atoms with van der Waals surface area (Å²) in [5.41, 5.74) is 3.66. The van der Waals surface area contributed by atoms with Gasteiger partial charge < -0.3 is 9.88 Å². The van der Waals surface area contributed by atoms with Gasteiger partial charge >= 0.3 is 0 Å². The third kappa shape index (κ3) is 4.69. The average molecular weight is 340 g/mol. The van der Waals surface area contributed by atoms with E-state index < -0.39 is 0 Å². The van der Waals surface area contributed by atoms with Crippen LogP contribution in [0, 0.1) is 5.92 Å². The number of hydrogen-bond acceptors (Lipinski definition) is 3. The molecule has 0 radical (unpaired) electrons. The molecule has 0 saturated heterocycles. The van der Waals surface area contributed by atoms with Gasteiger partial charge in [-0.15, -0.1) is 0 Å². The lowest BCUT2D eigenvalue weighted by molar-refractivity contribution is -0.121. The minimum atomic E-state index is 0.166. The molecule has 1 N–H and O–H groups in total. The van der Waals surface area contributed by atoms with Crippen molar-refractivity contribution in [1.82, 2.24) is 19.8 Å². The highest BCUT2D eigenvalue weighted by atomic mass is 16.1. The zero-order valence-corrected chi connectivity index (χ0v) is 15.2. The van der Waals surface area contributed by atoms with E-state index in [9.17, 15) is 4.79 Å². The molecule has 2 aromatic rings. The monoisotopic (exact) mass is 340 g/mol. The Kier molecular flexibility index (Phi) is 5.87. The first-order valence-electron chi connectivity index (χ1n) is 9.23. The predicted molar refractivity (Wildman–Crippen MR) is 99.6 cm³/mol. The highest BCUT2D eigenvalue weighted by Crippen LogP contribution is 2.21. The van der Waals surface area contributed by atoms with Crippen molar-refractivity contribution in [3.63, 3.8) is 0 Å². The standard InChI is InChI=1S/C20H28N4O/c1-16(2)13-21-20(25)9-6-11-23-12-10-19-18(14-23)22-15-24(19)17-7-4-3-5-8-17/h3-5,7-8,15-16H,6,9-14H2,1-2H3,(H,21,25). The van der Waals surface area contributed by atoms with Crippen molar-refractivity contribution in [2.45, 2.75) is 39.7 Å². The molecule has 0 spiro atoms. The molecule has 1 aliphatic heterocycles. The topological polar surface area (TPSA) is 50.2 Å². The van der Waals surface area contributed by atoms with E-state index >= 15 is 0 Å². The Morgan fingerprint density at radius 1 is 1.28 bits per heavy atom. The van der Waals surface area contributed by atoms with Crippen LogP contribution < -0.4 is 5.32 Å². The van der Waals surface area contributed by atoms with Crippen molar-refractivity contribution < 1.29 is 4.79 Å². The van der Waals surface area contributed by atoms with Gasteiger partial charge in [0.05, 0.1) is 12.0 Å². The van der Waals surface area contributed by atoms with E-state index in [0.29, 0.717) is 12.3 Å². The molecule has 1 aromatic heterocycles. The molecule has 1 amide bonds. The number of hydrogen-bond donors (Lipinski definition) is 1. The van der Waals surface area contributed by atoms with E-state index in [1.165, 1.54) is 17.1 Å². The Balaban J connectivity index is 1.49. The van der Waals surface area contributed by atoms with Crippen LogP contribution in [-0.4, -0.2) is 40.0 Å². The number of nitrogens with one attached hydrogen (secondary N) is 1.